The van der Waals surface area contributed by atoms with Crippen LogP contribution in [0.4, 0.5) is 4.79 Å². The lowest BCUT2D eigenvalue weighted by atomic mass is 10.1. The van der Waals surface area contributed by atoms with E-state index >= 15 is 0 Å². The van der Waals surface area contributed by atoms with Crippen LogP contribution in [0.3, 0.4) is 0 Å². The van der Waals surface area contributed by atoms with E-state index in [0.717, 1.165) is 28.5 Å². The lowest BCUT2D eigenvalue weighted by Gasteiger charge is -2.12. The van der Waals surface area contributed by atoms with E-state index in [1.807, 2.05) is 38.1 Å². The van der Waals surface area contributed by atoms with Crippen LogP contribution in [0.1, 0.15) is 22.3 Å². The molecule has 1 aliphatic rings. The van der Waals surface area contributed by atoms with E-state index in [-0.39, 0.29) is 23.4 Å². The number of benzene rings is 2. The Balaban J connectivity index is 1.84. The average Bonchev–Trinajstić information content (AvgIpc) is 2.80. The van der Waals surface area contributed by atoms with Gasteiger partial charge in [-0.25, -0.2) is 0 Å². The number of amides is 2. The van der Waals surface area contributed by atoms with Gasteiger partial charge in [-0.1, -0.05) is 41.5 Å². The minimum Gasteiger partial charge on any atom is -0.507 e. The Morgan fingerprint density at radius 1 is 1.04 bits per heavy atom. The average molecular weight is 339 g/mol. The van der Waals surface area contributed by atoms with Crippen molar-refractivity contribution < 1.29 is 14.7 Å². The first-order chi connectivity index (χ1) is 11.4. The van der Waals surface area contributed by atoms with E-state index in [2.05, 4.69) is 0 Å². The van der Waals surface area contributed by atoms with Crippen molar-refractivity contribution in [2.75, 3.05) is 0 Å². The molecule has 0 bridgehead atoms. The molecule has 1 N–H and O–H groups in total. The third-order valence-electron chi connectivity index (χ3n) is 3.80. The summed E-state index contributed by atoms with van der Waals surface area (Å²) in [6.45, 7) is 4.14. The zero-order valence-electron chi connectivity index (χ0n) is 13.4. The van der Waals surface area contributed by atoms with Crippen molar-refractivity contribution in [1.82, 2.24) is 4.90 Å². The predicted molar refractivity (Wildman–Crippen MR) is 95.5 cm³/mol. The van der Waals surface area contributed by atoms with Crippen LogP contribution in [0.25, 0.3) is 6.08 Å². The lowest BCUT2D eigenvalue weighted by molar-refractivity contribution is -0.123. The van der Waals surface area contributed by atoms with Crippen molar-refractivity contribution in [1.29, 1.82) is 0 Å². The fourth-order valence-electron chi connectivity index (χ4n) is 2.44. The third kappa shape index (κ3) is 3.36. The number of carbonyl (C=O) groups excluding carboxylic acids is 2. The first-order valence-corrected chi connectivity index (χ1v) is 8.36. The van der Waals surface area contributed by atoms with Crippen LogP contribution >= 0.6 is 11.8 Å². The second-order valence-corrected chi connectivity index (χ2v) is 6.81. The number of phenols is 1. The monoisotopic (exact) mass is 339 g/mol. The number of aromatic hydroxyl groups is 1. The Bertz CT molecular complexity index is 840. The van der Waals surface area contributed by atoms with Gasteiger partial charge in [0, 0.05) is 5.56 Å². The standard InChI is InChI=1S/C19H17NO3S/c1-12-3-6-14(7-4-12)11-20-18(22)17(24-19(20)23)10-15-9-13(2)5-8-16(15)21/h3-10,21H,11H2,1-2H3/b17-10-. The highest BCUT2D eigenvalue weighted by Crippen LogP contribution is 2.34. The molecule has 0 unspecified atom stereocenters. The summed E-state index contributed by atoms with van der Waals surface area (Å²) < 4.78 is 0. The minimum atomic E-state index is -0.327. The summed E-state index contributed by atoms with van der Waals surface area (Å²) in [7, 11) is 0. The zero-order valence-corrected chi connectivity index (χ0v) is 14.3. The number of nitrogens with zero attached hydrogens (tertiary/aromatic N) is 1. The molecule has 0 atom stereocenters. The molecule has 1 heterocycles. The van der Waals surface area contributed by atoms with Gasteiger partial charge in [0.25, 0.3) is 11.1 Å². The van der Waals surface area contributed by atoms with Crippen molar-refractivity contribution in [3.05, 3.63) is 69.6 Å². The molecule has 4 nitrogen and oxygen atoms in total. The molecule has 2 aromatic rings. The van der Waals surface area contributed by atoms with E-state index in [1.165, 1.54) is 4.90 Å². The van der Waals surface area contributed by atoms with Gasteiger partial charge < -0.3 is 5.11 Å². The molecule has 1 aliphatic heterocycles. The van der Waals surface area contributed by atoms with Crippen LogP contribution in [0.15, 0.2) is 47.4 Å². The lowest BCUT2D eigenvalue weighted by Crippen LogP contribution is -2.27. The molecule has 0 aromatic heterocycles. The summed E-state index contributed by atoms with van der Waals surface area (Å²) in [5.41, 5.74) is 3.54. The van der Waals surface area contributed by atoms with Crippen molar-refractivity contribution in [2.24, 2.45) is 0 Å². The number of thioether (sulfide) groups is 1. The Labute approximate surface area is 144 Å². The Morgan fingerprint density at radius 2 is 1.71 bits per heavy atom. The predicted octanol–water partition coefficient (Wildman–Crippen LogP) is 4.25. The Hall–Kier alpha value is -2.53. The maximum Gasteiger partial charge on any atom is 0.293 e. The highest BCUT2D eigenvalue weighted by molar-refractivity contribution is 8.18. The summed E-state index contributed by atoms with van der Waals surface area (Å²) in [5, 5.41) is 9.62. The number of rotatable bonds is 3. The van der Waals surface area contributed by atoms with Gasteiger partial charge in [0.05, 0.1) is 11.4 Å². The van der Waals surface area contributed by atoms with E-state index < -0.39 is 0 Å². The molecule has 0 spiro atoms. The second-order valence-electron chi connectivity index (χ2n) is 5.82. The van der Waals surface area contributed by atoms with Gasteiger partial charge in [0.15, 0.2) is 0 Å². The van der Waals surface area contributed by atoms with Gasteiger partial charge in [-0.3, -0.25) is 14.5 Å². The zero-order chi connectivity index (χ0) is 17.3. The number of imide groups is 1. The summed E-state index contributed by atoms with van der Waals surface area (Å²) >= 11 is 0.901. The fraction of sp³-hybridized carbons (Fsp3) is 0.158. The van der Waals surface area contributed by atoms with Gasteiger partial charge >= 0.3 is 0 Å². The van der Waals surface area contributed by atoms with E-state index in [1.54, 1.807) is 24.3 Å². The van der Waals surface area contributed by atoms with Crippen molar-refractivity contribution in [3.63, 3.8) is 0 Å². The first-order valence-electron chi connectivity index (χ1n) is 7.54. The second kappa shape index (κ2) is 6.53. The van der Waals surface area contributed by atoms with Gasteiger partial charge in [-0.15, -0.1) is 0 Å². The summed E-state index contributed by atoms with van der Waals surface area (Å²) in [4.78, 5) is 26.3. The number of aryl methyl sites for hydroxylation is 2. The smallest absolute Gasteiger partial charge is 0.293 e. The molecule has 3 rings (SSSR count). The number of carbonyl (C=O) groups is 2. The molecular weight excluding hydrogens is 322 g/mol. The quantitative estimate of drug-likeness (QED) is 0.850. The van der Waals surface area contributed by atoms with Crippen LogP contribution in [0.5, 0.6) is 5.75 Å². The van der Waals surface area contributed by atoms with E-state index in [9.17, 15) is 14.7 Å². The number of hydrogen-bond donors (Lipinski definition) is 1. The van der Waals surface area contributed by atoms with E-state index in [0.29, 0.717) is 10.5 Å². The van der Waals surface area contributed by atoms with Crippen LogP contribution in [0, 0.1) is 13.8 Å². The van der Waals surface area contributed by atoms with Crippen molar-refractivity contribution in [3.8, 4) is 5.75 Å². The van der Waals surface area contributed by atoms with Gasteiger partial charge in [0.2, 0.25) is 0 Å². The molecule has 122 valence electrons. The van der Waals surface area contributed by atoms with Crippen LogP contribution in [-0.4, -0.2) is 21.2 Å². The molecule has 5 heteroatoms. The Morgan fingerprint density at radius 3 is 2.42 bits per heavy atom. The molecule has 1 saturated heterocycles. The molecule has 0 aliphatic carbocycles. The SMILES string of the molecule is Cc1ccc(CN2C(=O)S/C(=C\c3cc(C)ccc3O)C2=O)cc1. The van der Waals surface area contributed by atoms with Crippen LogP contribution < -0.4 is 0 Å². The molecule has 0 saturated carbocycles. The molecule has 2 aromatic carbocycles. The molecule has 2 amide bonds. The largest absolute Gasteiger partial charge is 0.507 e. The number of phenolic OH excluding ortho intramolecular Hbond substituents is 1. The highest BCUT2D eigenvalue weighted by atomic mass is 32.2. The maximum absolute atomic E-state index is 12.5. The van der Waals surface area contributed by atoms with Gasteiger partial charge in [0.1, 0.15) is 5.75 Å². The molecule has 24 heavy (non-hydrogen) atoms. The summed E-state index contributed by atoms with van der Waals surface area (Å²) in [5.74, 6) is -0.239. The third-order valence-corrected chi connectivity index (χ3v) is 4.71. The van der Waals surface area contributed by atoms with Crippen LogP contribution in [-0.2, 0) is 11.3 Å². The van der Waals surface area contributed by atoms with Gasteiger partial charge in [-0.05, 0) is 49.4 Å². The van der Waals surface area contributed by atoms with Crippen molar-refractivity contribution in [2.45, 2.75) is 20.4 Å². The topological polar surface area (TPSA) is 57.6 Å². The molecular formula is C19H17NO3S. The van der Waals surface area contributed by atoms with Crippen LogP contribution in [0.2, 0.25) is 0 Å². The van der Waals surface area contributed by atoms with Crippen molar-refractivity contribution >= 4 is 29.0 Å². The number of hydrogen-bond acceptors (Lipinski definition) is 4. The molecule has 1 fully saturated rings. The minimum absolute atomic E-state index is 0.0888. The normalized spacial score (nSPS) is 16.2. The van der Waals surface area contributed by atoms with E-state index in [4.69, 9.17) is 0 Å². The highest BCUT2D eigenvalue weighted by Gasteiger charge is 2.35. The fourth-order valence-corrected chi connectivity index (χ4v) is 3.27. The molecule has 0 radical (unpaired) electrons. The first kappa shape index (κ1) is 16.3. The Kier molecular flexibility index (Phi) is 4.44. The van der Waals surface area contributed by atoms with Gasteiger partial charge in [-0.2, -0.15) is 0 Å². The summed E-state index contributed by atoms with van der Waals surface area (Å²) in [6, 6.07) is 12.9. The maximum atomic E-state index is 12.5. The summed E-state index contributed by atoms with van der Waals surface area (Å²) in [6.07, 6.45) is 1.57.